The first-order valence-corrected chi connectivity index (χ1v) is 8.15. The highest BCUT2D eigenvalue weighted by Gasteiger charge is 2.20. The molecule has 1 aromatic rings. The number of aliphatic hydroxyl groups excluding tert-OH is 1. The summed E-state index contributed by atoms with van der Waals surface area (Å²) < 4.78 is 5.45. The summed E-state index contributed by atoms with van der Waals surface area (Å²) in [5.74, 6) is 0. The number of morpholine rings is 1. The largest absolute Gasteiger partial charge is 0.393 e. The summed E-state index contributed by atoms with van der Waals surface area (Å²) in [7, 11) is 0. The van der Waals surface area contributed by atoms with E-state index in [1.807, 2.05) is 0 Å². The van der Waals surface area contributed by atoms with Crippen LogP contribution in [0.15, 0.2) is 24.3 Å². The molecule has 0 radical (unpaired) electrons. The van der Waals surface area contributed by atoms with E-state index in [0.717, 1.165) is 58.5 Å². The summed E-state index contributed by atoms with van der Waals surface area (Å²) in [5, 5.41) is 13.2. The van der Waals surface area contributed by atoms with E-state index in [9.17, 15) is 5.11 Å². The maximum atomic E-state index is 9.58. The Morgan fingerprint density at radius 3 is 2.57 bits per heavy atom. The number of aliphatic hydroxyl groups is 1. The average molecular weight is 290 g/mol. The molecule has 0 atom stereocenters. The standard InChI is InChI=1S/C17H26N2O2/c20-16-7-5-15(6-8-16)18-13-14-3-1-2-4-17(14)19-9-11-21-12-10-19/h1-4,15-16,18,20H,5-13H2. The van der Waals surface area contributed by atoms with Gasteiger partial charge in [-0.25, -0.2) is 0 Å². The van der Waals surface area contributed by atoms with Crippen molar-refractivity contribution in [2.45, 2.75) is 44.4 Å². The van der Waals surface area contributed by atoms with E-state index in [4.69, 9.17) is 4.74 Å². The molecular formula is C17H26N2O2. The van der Waals surface area contributed by atoms with Crippen molar-refractivity contribution >= 4 is 5.69 Å². The molecule has 1 heterocycles. The normalized spacial score (nSPS) is 26.8. The Kier molecular flexibility index (Phi) is 5.12. The van der Waals surface area contributed by atoms with Gasteiger partial charge in [0.25, 0.3) is 0 Å². The molecule has 1 saturated heterocycles. The number of nitrogens with zero attached hydrogens (tertiary/aromatic N) is 1. The zero-order valence-electron chi connectivity index (χ0n) is 12.6. The zero-order chi connectivity index (χ0) is 14.5. The molecule has 4 nitrogen and oxygen atoms in total. The number of ether oxygens (including phenoxy) is 1. The number of hydrogen-bond donors (Lipinski definition) is 2. The second kappa shape index (κ2) is 7.25. The fourth-order valence-electron chi connectivity index (χ4n) is 3.31. The predicted molar refractivity (Wildman–Crippen MR) is 84.6 cm³/mol. The molecule has 4 heteroatoms. The summed E-state index contributed by atoms with van der Waals surface area (Å²) in [5.41, 5.74) is 2.70. The van der Waals surface area contributed by atoms with E-state index in [0.29, 0.717) is 6.04 Å². The molecule has 1 aliphatic carbocycles. The van der Waals surface area contributed by atoms with Gasteiger partial charge in [-0.2, -0.15) is 0 Å². The number of anilines is 1. The highest BCUT2D eigenvalue weighted by atomic mass is 16.5. The minimum absolute atomic E-state index is 0.0799. The molecule has 0 bridgehead atoms. The Balaban J connectivity index is 1.59. The lowest BCUT2D eigenvalue weighted by Crippen LogP contribution is -2.38. The molecule has 21 heavy (non-hydrogen) atoms. The van der Waals surface area contributed by atoms with E-state index >= 15 is 0 Å². The number of hydrogen-bond acceptors (Lipinski definition) is 4. The summed E-state index contributed by atoms with van der Waals surface area (Å²) in [6, 6.07) is 9.21. The lowest BCUT2D eigenvalue weighted by atomic mass is 9.93. The topological polar surface area (TPSA) is 44.7 Å². The molecule has 2 fully saturated rings. The van der Waals surface area contributed by atoms with Crippen LogP contribution in [0.5, 0.6) is 0 Å². The molecule has 1 aromatic carbocycles. The van der Waals surface area contributed by atoms with Crippen molar-refractivity contribution < 1.29 is 9.84 Å². The molecule has 0 amide bonds. The van der Waals surface area contributed by atoms with Gasteiger partial charge in [-0.05, 0) is 37.3 Å². The van der Waals surface area contributed by atoms with Crippen LogP contribution >= 0.6 is 0 Å². The fourth-order valence-corrected chi connectivity index (χ4v) is 3.31. The van der Waals surface area contributed by atoms with Gasteiger partial charge >= 0.3 is 0 Å². The summed E-state index contributed by atoms with van der Waals surface area (Å²) in [4.78, 5) is 2.42. The third-order valence-corrected chi connectivity index (χ3v) is 4.62. The molecule has 1 aliphatic heterocycles. The van der Waals surface area contributed by atoms with Crippen LogP contribution in [-0.2, 0) is 11.3 Å². The van der Waals surface area contributed by atoms with Crippen molar-refractivity contribution in [1.82, 2.24) is 5.32 Å². The van der Waals surface area contributed by atoms with Crippen LogP contribution in [0.4, 0.5) is 5.69 Å². The van der Waals surface area contributed by atoms with E-state index < -0.39 is 0 Å². The van der Waals surface area contributed by atoms with Crippen LogP contribution in [0.3, 0.4) is 0 Å². The van der Waals surface area contributed by atoms with E-state index in [1.54, 1.807) is 0 Å². The summed E-state index contributed by atoms with van der Waals surface area (Å²) >= 11 is 0. The van der Waals surface area contributed by atoms with Crippen LogP contribution in [0.1, 0.15) is 31.2 Å². The third kappa shape index (κ3) is 3.96. The zero-order valence-corrected chi connectivity index (χ0v) is 12.6. The lowest BCUT2D eigenvalue weighted by molar-refractivity contribution is 0.116. The van der Waals surface area contributed by atoms with Gasteiger partial charge in [0.2, 0.25) is 0 Å². The Morgan fingerprint density at radius 1 is 1.10 bits per heavy atom. The minimum atomic E-state index is -0.0799. The average Bonchev–Trinajstić information content (AvgIpc) is 2.55. The van der Waals surface area contributed by atoms with Gasteiger partial charge in [0.15, 0.2) is 0 Å². The van der Waals surface area contributed by atoms with Crippen LogP contribution in [0.25, 0.3) is 0 Å². The van der Waals surface area contributed by atoms with E-state index in [2.05, 4.69) is 34.5 Å². The molecule has 0 spiro atoms. The quantitative estimate of drug-likeness (QED) is 0.889. The minimum Gasteiger partial charge on any atom is -0.393 e. The van der Waals surface area contributed by atoms with Gasteiger partial charge in [0, 0.05) is 31.4 Å². The van der Waals surface area contributed by atoms with Crippen molar-refractivity contribution in [3.8, 4) is 0 Å². The van der Waals surface area contributed by atoms with Crippen molar-refractivity contribution in [2.24, 2.45) is 0 Å². The number of benzene rings is 1. The molecule has 0 aromatic heterocycles. The van der Waals surface area contributed by atoms with Crippen LogP contribution in [-0.4, -0.2) is 43.6 Å². The van der Waals surface area contributed by atoms with Crippen molar-refractivity contribution in [3.63, 3.8) is 0 Å². The molecule has 0 unspecified atom stereocenters. The van der Waals surface area contributed by atoms with Crippen LogP contribution < -0.4 is 10.2 Å². The first kappa shape index (κ1) is 14.8. The smallest absolute Gasteiger partial charge is 0.0642 e. The van der Waals surface area contributed by atoms with Crippen molar-refractivity contribution in [3.05, 3.63) is 29.8 Å². The van der Waals surface area contributed by atoms with Gasteiger partial charge in [0.05, 0.1) is 19.3 Å². The van der Waals surface area contributed by atoms with Crippen LogP contribution in [0, 0.1) is 0 Å². The highest BCUT2D eigenvalue weighted by molar-refractivity contribution is 5.53. The Labute approximate surface area is 127 Å². The lowest BCUT2D eigenvalue weighted by Gasteiger charge is -2.31. The molecule has 3 rings (SSSR count). The second-order valence-electron chi connectivity index (χ2n) is 6.11. The second-order valence-corrected chi connectivity index (χ2v) is 6.11. The molecule has 2 aliphatic rings. The molecule has 2 N–H and O–H groups in total. The number of rotatable bonds is 4. The van der Waals surface area contributed by atoms with E-state index in [-0.39, 0.29) is 6.10 Å². The van der Waals surface area contributed by atoms with Crippen molar-refractivity contribution in [2.75, 3.05) is 31.2 Å². The van der Waals surface area contributed by atoms with Gasteiger partial charge in [0.1, 0.15) is 0 Å². The first-order valence-electron chi connectivity index (χ1n) is 8.15. The number of para-hydroxylation sites is 1. The van der Waals surface area contributed by atoms with E-state index in [1.165, 1.54) is 11.3 Å². The summed E-state index contributed by atoms with van der Waals surface area (Å²) in [6.45, 7) is 4.51. The molecular weight excluding hydrogens is 264 g/mol. The Hall–Kier alpha value is -1.10. The highest BCUT2D eigenvalue weighted by Crippen LogP contribution is 2.23. The van der Waals surface area contributed by atoms with Crippen molar-refractivity contribution in [1.29, 1.82) is 0 Å². The maximum absolute atomic E-state index is 9.58. The van der Waals surface area contributed by atoms with Gasteiger partial charge in [-0.3, -0.25) is 0 Å². The first-order chi connectivity index (χ1) is 10.3. The predicted octanol–water partition coefficient (Wildman–Crippen LogP) is 1.92. The monoisotopic (exact) mass is 290 g/mol. The molecule has 1 saturated carbocycles. The third-order valence-electron chi connectivity index (χ3n) is 4.62. The van der Waals surface area contributed by atoms with Crippen LogP contribution in [0.2, 0.25) is 0 Å². The van der Waals surface area contributed by atoms with Gasteiger partial charge in [-0.15, -0.1) is 0 Å². The SMILES string of the molecule is OC1CCC(NCc2ccccc2N2CCOCC2)CC1. The Bertz CT molecular complexity index is 438. The number of nitrogens with one attached hydrogen (secondary N) is 1. The summed E-state index contributed by atoms with van der Waals surface area (Å²) in [6.07, 6.45) is 3.96. The Morgan fingerprint density at radius 2 is 1.81 bits per heavy atom. The molecule has 116 valence electrons. The van der Waals surface area contributed by atoms with Gasteiger partial charge < -0.3 is 20.1 Å². The maximum Gasteiger partial charge on any atom is 0.0642 e. The van der Waals surface area contributed by atoms with Gasteiger partial charge in [-0.1, -0.05) is 18.2 Å². The fraction of sp³-hybridized carbons (Fsp3) is 0.647.